The lowest BCUT2D eigenvalue weighted by atomic mass is 10.1. The van der Waals surface area contributed by atoms with E-state index in [4.69, 9.17) is 9.15 Å². The zero-order valence-electron chi connectivity index (χ0n) is 13.2. The van der Waals surface area contributed by atoms with Gasteiger partial charge in [-0.15, -0.1) is 0 Å². The fourth-order valence-electron chi connectivity index (χ4n) is 2.37. The highest BCUT2D eigenvalue weighted by atomic mass is 16.5. The van der Waals surface area contributed by atoms with Crippen molar-refractivity contribution in [3.8, 4) is 5.75 Å². The Morgan fingerprint density at radius 1 is 1.12 bits per heavy atom. The van der Waals surface area contributed by atoms with Gasteiger partial charge in [-0.1, -0.05) is 30.3 Å². The molecule has 0 radical (unpaired) electrons. The number of fused-ring (bicyclic) bond motifs is 1. The molecule has 1 amide bonds. The summed E-state index contributed by atoms with van der Waals surface area (Å²) in [7, 11) is 0. The molecule has 0 aliphatic carbocycles. The van der Waals surface area contributed by atoms with E-state index < -0.39 is 11.5 Å². The maximum Gasteiger partial charge on any atom is 0.349 e. The van der Waals surface area contributed by atoms with Gasteiger partial charge in [0.15, 0.2) is 0 Å². The molecule has 0 saturated carbocycles. The number of ether oxygens (including phenoxy) is 1. The van der Waals surface area contributed by atoms with Crippen molar-refractivity contribution in [2.75, 3.05) is 6.61 Å². The summed E-state index contributed by atoms with van der Waals surface area (Å²) in [5, 5.41) is 3.44. The number of nitrogens with one attached hydrogen (secondary N) is 1. The molecule has 1 heterocycles. The maximum atomic E-state index is 12.3. The van der Waals surface area contributed by atoms with Gasteiger partial charge in [-0.25, -0.2) is 4.79 Å². The van der Waals surface area contributed by atoms with Crippen LogP contribution in [0.2, 0.25) is 0 Å². The Hall–Kier alpha value is -3.08. The molecule has 1 N–H and O–H groups in total. The van der Waals surface area contributed by atoms with Crippen molar-refractivity contribution in [3.05, 3.63) is 76.1 Å². The van der Waals surface area contributed by atoms with Gasteiger partial charge in [0.25, 0.3) is 5.91 Å². The fraction of sp³-hybridized carbons (Fsp3) is 0.158. The minimum absolute atomic E-state index is 0.000337. The third kappa shape index (κ3) is 3.46. The summed E-state index contributed by atoms with van der Waals surface area (Å²) in [5.74, 6) is 0.325. The number of hydrogen-bond donors (Lipinski definition) is 1. The molecule has 24 heavy (non-hydrogen) atoms. The van der Waals surface area contributed by atoms with Crippen molar-refractivity contribution >= 4 is 16.9 Å². The van der Waals surface area contributed by atoms with Crippen LogP contribution in [0.4, 0.5) is 0 Å². The van der Waals surface area contributed by atoms with Crippen LogP contribution in [-0.2, 0) is 6.54 Å². The topological polar surface area (TPSA) is 68.5 Å². The number of hydrogen-bond acceptors (Lipinski definition) is 4. The Labute approximate surface area is 138 Å². The van der Waals surface area contributed by atoms with Gasteiger partial charge >= 0.3 is 5.63 Å². The first kappa shape index (κ1) is 15.8. The predicted molar refractivity (Wildman–Crippen MR) is 91.3 cm³/mol. The van der Waals surface area contributed by atoms with Crippen molar-refractivity contribution in [1.29, 1.82) is 0 Å². The third-order valence-electron chi connectivity index (χ3n) is 3.57. The molecule has 0 spiro atoms. The van der Waals surface area contributed by atoms with Crippen LogP contribution in [0.15, 0.2) is 63.8 Å². The zero-order chi connectivity index (χ0) is 16.9. The summed E-state index contributed by atoms with van der Waals surface area (Å²) in [6.07, 6.45) is 0. The Kier molecular flexibility index (Phi) is 4.61. The normalized spacial score (nSPS) is 10.5. The average Bonchev–Trinajstić information content (AvgIpc) is 2.60. The van der Waals surface area contributed by atoms with E-state index in [1.54, 1.807) is 24.3 Å². The molecule has 0 unspecified atom stereocenters. The predicted octanol–water partition coefficient (Wildman–Crippen LogP) is 3.12. The van der Waals surface area contributed by atoms with Gasteiger partial charge in [-0.3, -0.25) is 4.79 Å². The molecule has 0 bridgehead atoms. The van der Waals surface area contributed by atoms with Gasteiger partial charge in [0.2, 0.25) is 0 Å². The van der Waals surface area contributed by atoms with Crippen molar-refractivity contribution in [3.63, 3.8) is 0 Å². The minimum Gasteiger partial charge on any atom is -0.494 e. The van der Waals surface area contributed by atoms with Gasteiger partial charge in [0.1, 0.15) is 16.9 Å². The van der Waals surface area contributed by atoms with E-state index in [0.717, 1.165) is 11.3 Å². The molecule has 2 aromatic carbocycles. The molecule has 0 saturated heterocycles. The Morgan fingerprint density at radius 3 is 2.62 bits per heavy atom. The highest BCUT2D eigenvalue weighted by Gasteiger charge is 2.13. The smallest absolute Gasteiger partial charge is 0.349 e. The van der Waals surface area contributed by atoms with Gasteiger partial charge in [0, 0.05) is 11.9 Å². The van der Waals surface area contributed by atoms with E-state index in [9.17, 15) is 9.59 Å². The van der Waals surface area contributed by atoms with Crippen molar-refractivity contribution in [1.82, 2.24) is 5.32 Å². The SMILES string of the molecule is CCOc1ccc(CNC(=O)c2cc3ccccc3oc2=O)cc1. The van der Waals surface area contributed by atoms with Crippen LogP contribution >= 0.6 is 0 Å². The summed E-state index contributed by atoms with van der Waals surface area (Å²) in [4.78, 5) is 24.2. The van der Waals surface area contributed by atoms with Crippen LogP contribution in [0.25, 0.3) is 11.0 Å². The molecule has 0 aliphatic rings. The second-order valence-electron chi connectivity index (χ2n) is 5.24. The van der Waals surface area contributed by atoms with Gasteiger partial charge in [-0.05, 0) is 36.8 Å². The first-order valence-electron chi connectivity index (χ1n) is 7.70. The van der Waals surface area contributed by atoms with E-state index in [1.807, 2.05) is 37.3 Å². The number of carbonyl (C=O) groups excluding carboxylic acids is 1. The number of para-hydroxylation sites is 1. The summed E-state index contributed by atoms with van der Waals surface area (Å²) < 4.78 is 10.5. The molecule has 5 nitrogen and oxygen atoms in total. The van der Waals surface area contributed by atoms with Crippen molar-refractivity contribution < 1.29 is 13.9 Å². The molecule has 0 aliphatic heterocycles. The zero-order valence-corrected chi connectivity index (χ0v) is 13.2. The first-order chi connectivity index (χ1) is 11.7. The number of carbonyl (C=O) groups is 1. The van der Waals surface area contributed by atoms with Crippen LogP contribution in [-0.4, -0.2) is 12.5 Å². The Balaban J connectivity index is 1.73. The van der Waals surface area contributed by atoms with E-state index in [2.05, 4.69) is 5.32 Å². The highest BCUT2D eigenvalue weighted by molar-refractivity contribution is 5.96. The monoisotopic (exact) mass is 323 g/mol. The summed E-state index contributed by atoms with van der Waals surface area (Å²) >= 11 is 0. The second-order valence-corrected chi connectivity index (χ2v) is 5.24. The molecular formula is C19H17NO4. The summed E-state index contributed by atoms with van der Waals surface area (Å²) in [6.45, 7) is 2.84. The molecule has 5 heteroatoms. The second kappa shape index (κ2) is 7.00. The van der Waals surface area contributed by atoms with Gasteiger partial charge in [-0.2, -0.15) is 0 Å². The lowest BCUT2D eigenvalue weighted by Crippen LogP contribution is -2.27. The largest absolute Gasteiger partial charge is 0.494 e. The summed E-state index contributed by atoms with van der Waals surface area (Å²) in [5.41, 5.74) is 0.736. The Morgan fingerprint density at radius 2 is 1.88 bits per heavy atom. The molecule has 3 aromatic rings. The maximum absolute atomic E-state index is 12.3. The van der Waals surface area contributed by atoms with Crippen LogP contribution < -0.4 is 15.7 Å². The van der Waals surface area contributed by atoms with Crippen molar-refractivity contribution in [2.45, 2.75) is 13.5 Å². The van der Waals surface area contributed by atoms with E-state index in [0.29, 0.717) is 24.1 Å². The molecule has 1 aromatic heterocycles. The van der Waals surface area contributed by atoms with E-state index in [1.165, 1.54) is 0 Å². The molecular weight excluding hydrogens is 306 g/mol. The van der Waals surface area contributed by atoms with Crippen LogP contribution in [0.1, 0.15) is 22.8 Å². The van der Waals surface area contributed by atoms with Crippen molar-refractivity contribution in [2.24, 2.45) is 0 Å². The Bertz CT molecular complexity index is 913. The molecule has 0 atom stereocenters. The summed E-state index contributed by atoms with van der Waals surface area (Å²) in [6, 6.07) is 16.1. The van der Waals surface area contributed by atoms with Gasteiger partial charge < -0.3 is 14.5 Å². The lowest BCUT2D eigenvalue weighted by Gasteiger charge is -2.07. The van der Waals surface area contributed by atoms with Gasteiger partial charge in [0.05, 0.1) is 6.61 Å². The standard InChI is InChI=1S/C19H17NO4/c1-2-23-15-9-7-13(8-10-15)12-20-18(21)16-11-14-5-3-4-6-17(14)24-19(16)22/h3-11H,2,12H2,1H3,(H,20,21). The quantitative estimate of drug-likeness (QED) is 0.733. The first-order valence-corrected chi connectivity index (χ1v) is 7.70. The van der Waals surface area contributed by atoms with Crippen LogP contribution in [0, 0.1) is 0 Å². The third-order valence-corrected chi connectivity index (χ3v) is 3.57. The van der Waals surface area contributed by atoms with E-state index >= 15 is 0 Å². The number of amides is 1. The average molecular weight is 323 g/mol. The number of rotatable bonds is 5. The minimum atomic E-state index is -0.641. The van der Waals surface area contributed by atoms with Crippen LogP contribution in [0.3, 0.4) is 0 Å². The molecule has 3 rings (SSSR count). The van der Waals surface area contributed by atoms with E-state index in [-0.39, 0.29) is 5.56 Å². The number of benzene rings is 2. The van der Waals surface area contributed by atoms with Crippen LogP contribution in [0.5, 0.6) is 5.75 Å². The molecule has 122 valence electrons. The molecule has 0 fully saturated rings. The highest BCUT2D eigenvalue weighted by Crippen LogP contribution is 2.14. The lowest BCUT2D eigenvalue weighted by molar-refractivity contribution is 0.0947. The fourth-order valence-corrected chi connectivity index (χ4v) is 2.37.